The molecule has 0 saturated carbocycles. The Hall–Kier alpha value is -2.73. The van der Waals surface area contributed by atoms with Gasteiger partial charge in [-0.2, -0.15) is 0 Å². The van der Waals surface area contributed by atoms with E-state index in [0.29, 0.717) is 34.0 Å². The van der Waals surface area contributed by atoms with E-state index in [9.17, 15) is 14.9 Å². The van der Waals surface area contributed by atoms with Crippen molar-refractivity contribution in [3.8, 4) is 0 Å². The highest BCUT2D eigenvalue weighted by Gasteiger charge is 2.24. The van der Waals surface area contributed by atoms with Crippen LogP contribution in [0.25, 0.3) is 21.9 Å². The van der Waals surface area contributed by atoms with E-state index < -0.39 is 4.92 Å². The maximum absolute atomic E-state index is 12.7. The third-order valence-corrected chi connectivity index (χ3v) is 4.60. The van der Waals surface area contributed by atoms with Gasteiger partial charge in [0.15, 0.2) is 0 Å². The van der Waals surface area contributed by atoms with Gasteiger partial charge in [0.05, 0.1) is 21.3 Å². The standard InChI is InChI=1S/C18H16N2O4/c21-17-12-5-1-2-6-16(12)24-18-13(17)7-8-15(20(22)23)14(18)11-19-9-3-4-10-19/h1-2,5-8H,3-4,9-11H2. The van der Waals surface area contributed by atoms with Crippen molar-refractivity contribution in [2.75, 3.05) is 13.1 Å². The molecule has 4 rings (SSSR count). The van der Waals surface area contributed by atoms with Crippen molar-refractivity contribution >= 4 is 27.6 Å². The Morgan fingerprint density at radius 1 is 1.08 bits per heavy atom. The first-order chi connectivity index (χ1) is 11.6. The number of fused-ring (bicyclic) bond motifs is 2. The van der Waals surface area contributed by atoms with Crippen LogP contribution in [-0.2, 0) is 6.54 Å². The minimum absolute atomic E-state index is 0.00725. The highest BCUT2D eigenvalue weighted by molar-refractivity contribution is 5.92. The van der Waals surface area contributed by atoms with E-state index in [0.717, 1.165) is 25.9 Å². The number of nitro groups is 1. The molecule has 1 aliphatic heterocycles. The van der Waals surface area contributed by atoms with E-state index in [4.69, 9.17) is 4.42 Å². The van der Waals surface area contributed by atoms with E-state index >= 15 is 0 Å². The quantitative estimate of drug-likeness (QED) is 0.419. The fourth-order valence-corrected chi connectivity index (χ4v) is 3.40. The molecule has 2 heterocycles. The minimum Gasteiger partial charge on any atom is -0.455 e. The first kappa shape index (κ1) is 14.8. The van der Waals surface area contributed by atoms with E-state index in [-0.39, 0.29) is 11.1 Å². The van der Waals surface area contributed by atoms with Crippen LogP contribution in [0.5, 0.6) is 0 Å². The van der Waals surface area contributed by atoms with Crippen LogP contribution in [-0.4, -0.2) is 22.9 Å². The molecule has 1 saturated heterocycles. The van der Waals surface area contributed by atoms with Crippen LogP contribution in [0.4, 0.5) is 5.69 Å². The zero-order chi connectivity index (χ0) is 16.7. The minimum atomic E-state index is -0.403. The first-order valence-corrected chi connectivity index (χ1v) is 7.99. The van der Waals surface area contributed by atoms with Crippen LogP contribution >= 0.6 is 0 Å². The lowest BCUT2D eigenvalue weighted by molar-refractivity contribution is -0.385. The second-order valence-electron chi connectivity index (χ2n) is 6.11. The number of hydrogen-bond acceptors (Lipinski definition) is 5. The molecule has 6 nitrogen and oxygen atoms in total. The van der Waals surface area contributed by atoms with Gasteiger partial charge in [-0.15, -0.1) is 0 Å². The van der Waals surface area contributed by atoms with Gasteiger partial charge in [0.1, 0.15) is 11.2 Å². The molecule has 6 heteroatoms. The lowest BCUT2D eigenvalue weighted by Gasteiger charge is -2.15. The summed E-state index contributed by atoms with van der Waals surface area (Å²) in [6, 6.07) is 9.91. The van der Waals surface area contributed by atoms with Crippen molar-refractivity contribution in [1.82, 2.24) is 4.90 Å². The highest BCUT2D eigenvalue weighted by Crippen LogP contribution is 2.30. The Morgan fingerprint density at radius 3 is 2.58 bits per heavy atom. The predicted octanol–water partition coefficient (Wildman–Crippen LogP) is 3.45. The summed E-state index contributed by atoms with van der Waals surface area (Å²) in [5, 5.41) is 12.3. The number of nitrogens with zero attached hydrogens (tertiary/aromatic N) is 2. The van der Waals surface area contributed by atoms with Crippen LogP contribution in [0, 0.1) is 10.1 Å². The van der Waals surface area contributed by atoms with Crippen LogP contribution in [0.3, 0.4) is 0 Å². The Morgan fingerprint density at radius 2 is 1.83 bits per heavy atom. The van der Waals surface area contributed by atoms with Crippen molar-refractivity contribution in [3.05, 3.63) is 62.3 Å². The van der Waals surface area contributed by atoms with Crippen molar-refractivity contribution in [2.24, 2.45) is 0 Å². The molecule has 1 fully saturated rings. The van der Waals surface area contributed by atoms with E-state index in [2.05, 4.69) is 4.90 Å². The average molecular weight is 324 g/mol. The Balaban J connectivity index is 2.02. The predicted molar refractivity (Wildman–Crippen MR) is 91.2 cm³/mol. The molecule has 0 aliphatic carbocycles. The molecule has 24 heavy (non-hydrogen) atoms. The molecule has 0 spiro atoms. The maximum Gasteiger partial charge on any atom is 0.277 e. The first-order valence-electron chi connectivity index (χ1n) is 7.99. The number of nitro benzene ring substituents is 1. The number of benzene rings is 2. The topological polar surface area (TPSA) is 76.6 Å². The van der Waals surface area contributed by atoms with Crippen LogP contribution < -0.4 is 5.43 Å². The Bertz CT molecular complexity index is 1000. The Labute approximate surface area is 137 Å². The molecule has 0 unspecified atom stereocenters. The summed E-state index contributed by atoms with van der Waals surface area (Å²) in [5.74, 6) is 0. The molecular formula is C18H16N2O4. The third-order valence-electron chi connectivity index (χ3n) is 4.60. The largest absolute Gasteiger partial charge is 0.455 e. The normalized spacial score (nSPS) is 15.3. The molecule has 0 amide bonds. The summed E-state index contributed by atoms with van der Waals surface area (Å²) in [6.07, 6.45) is 2.18. The lowest BCUT2D eigenvalue weighted by Crippen LogP contribution is -2.19. The van der Waals surface area contributed by atoms with Gasteiger partial charge in [-0.1, -0.05) is 12.1 Å². The molecule has 0 atom stereocenters. The number of hydrogen-bond donors (Lipinski definition) is 0. The van der Waals surface area contributed by atoms with Crippen LogP contribution in [0.1, 0.15) is 18.4 Å². The van der Waals surface area contributed by atoms with E-state index in [1.165, 1.54) is 12.1 Å². The monoisotopic (exact) mass is 324 g/mol. The van der Waals surface area contributed by atoms with Gasteiger partial charge in [-0.25, -0.2) is 0 Å². The third kappa shape index (κ3) is 2.35. The molecular weight excluding hydrogens is 308 g/mol. The fraction of sp³-hybridized carbons (Fsp3) is 0.278. The number of para-hydroxylation sites is 1. The highest BCUT2D eigenvalue weighted by atomic mass is 16.6. The summed E-state index contributed by atoms with van der Waals surface area (Å²) in [7, 11) is 0. The summed E-state index contributed by atoms with van der Waals surface area (Å²) >= 11 is 0. The molecule has 0 bridgehead atoms. The van der Waals surface area contributed by atoms with Gasteiger partial charge in [-0.05, 0) is 44.1 Å². The molecule has 1 aliphatic rings. The van der Waals surface area contributed by atoms with E-state index in [1.54, 1.807) is 24.3 Å². The van der Waals surface area contributed by atoms with Gasteiger partial charge in [0.25, 0.3) is 5.69 Å². The molecule has 2 aromatic carbocycles. The molecule has 0 N–H and O–H groups in total. The summed E-state index contributed by atoms with van der Waals surface area (Å²) in [5.41, 5.74) is 1.14. The second kappa shape index (κ2) is 5.72. The average Bonchev–Trinajstić information content (AvgIpc) is 3.08. The maximum atomic E-state index is 12.7. The fourth-order valence-electron chi connectivity index (χ4n) is 3.40. The van der Waals surface area contributed by atoms with Crippen LogP contribution in [0.2, 0.25) is 0 Å². The molecule has 3 aromatic rings. The smallest absolute Gasteiger partial charge is 0.277 e. The van der Waals surface area contributed by atoms with Crippen molar-refractivity contribution in [1.29, 1.82) is 0 Å². The van der Waals surface area contributed by atoms with Gasteiger partial charge in [0.2, 0.25) is 5.43 Å². The van der Waals surface area contributed by atoms with E-state index in [1.807, 2.05) is 0 Å². The zero-order valence-corrected chi connectivity index (χ0v) is 13.0. The zero-order valence-electron chi connectivity index (χ0n) is 13.0. The van der Waals surface area contributed by atoms with Gasteiger partial charge < -0.3 is 4.42 Å². The van der Waals surface area contributed by atoms with Gasteiger partial charge >= 0.3 is 0 Å². The molecule has 1 aromatic heterocycles. The van der Waals surface area contributed by atoms with Crippen molar-refractivity contribution in [3.63, 3.8) is 0 Å². The SMILES string of the molecule is O=c1c2ccccc2oc2c(CN3CCCC3)c([N+](=O)[O-])ccc12. The van der Waals surface area contributed by atoms with Crippen molar-refractivity contribution < 1.29 is 9.34 Å². The molecule has 122 valence electrons. The summed E-state index contributed by atoms with van der Waals surface area (Å²) in [6.45, 7) is 2.24. The van der Waals surface area contributed by atoms with Gasteiger partial charge in [-0.3, -0.25) is 19.8 Å². The lowest BCUT2D eigenvalue weighted by atomic mass is 10.1. The summed E-state index contributed by atoms with van der Waals surface area (Å²) in [4.78, 5) is 25.9. The Kier molecular flexibility index (Phi) is 3.54. The van der Waals surface area contributed by atoms with Gasteiger partial charge in [0, 0.05) is 12.6 Å². The van der Waals surface area contributed by atoms with Crippen LogP contribution in [0.15, 0.2) is 45.6 Å². The number of likely N-dealkylation sites (tertiary alicyclic amines) is 1. The van der Waals surface area contributed by atoms with Crippen molar-refractivity contribution in [2.45, 2.75) is 19.4 Å². The summed E-state index contributed by atoms with van der Waals surface area (Å²) < 4.78 is 5.93. The second-order valence-corrected chi connectivity index (χ2v) is 6.11. The number of rotatable bonds is 3. The molecule has 0 radical (unpaired) electrons.